The maximum atomic E-state index is 11.2. The first-order valence-corrected chi connectivity index (χ1v) is 3.95. The molecule has 0 bridgehead atoms. The minimum atomic E-state index is -1.02. The van der Waals surface area contributed by atoms with E-state index in [0.29, 0.717) is 6.54 Å². The number of nitrogens with zero attached hydrogens (tertiary/aromatic N) is 1. The largest absolute Gasteiger partial charge is 0.462 e. The first kappa shape index (κ1) is 10.3. The highest BCUT2D eigenvalue weighted by Crippen LogP contribution is 1.99. The van der Waals surface area contributed by atoms with Crippen molar-refractivity contribution in [1.82, 2.24) is 4.90 Å². The first-order chi connectivity index (χ1) is 6.59. The van der Waals surface area contributed by atoms with Crippen molar-refractivity contribution in [3.63, 3.8) is 0 Å². The molecule has 0 aliphatic carbocycles. The molecule has 7 heteroatoms. The summed E-state index contributed by atoms with van der Waals surface area (Å²) in [7, 11) is 0. The van der Waals surface area contributed by atoms with Crippen molar-refractivity contribution in [3.8, 4) is 0 Å². The van der Waals surface area contributed by atoms with Gasteiger partial charge in [0.2, 0.25) is 0 Å². The van der Waals surface area contributed by atoms with Gasteiger partial charge in [-0.05, 0) is 0 Å². The van der Waals surface area contributed by atoms with E-state index in [4.69, 9.17) is 0 Å². The number of rotatable bonds is 2. The van der Waals surface area contributed by atoms with Crippen LogP contribution in [0.25, 0.3) is 0 Å². The Kier molecular flexibility index (Phi) is 3.27. The molecule has 7 nitrogen and oxygen atoms in total. The lowest BCUT2D eigenvalue weighted by molar-refractivity contribution is -0.157. The highest BCUT2D eigenvalue weighted by atomic mass is 16.6. The fourth-order valence-corrected chi connectivity index (χ4v) is 0.987. The number of amides is 2. The lowest BCUT2D eigenvalue weighted by atomic mass is 10.4. The monoisotopic (exact) mass is 202 g/mol. The predicted octanol–water partition coefficient (Wildman–Crippen LogP) is -1.53. The maximum absolute atomic E-state index is 11.2. The zero-order valence-corrected chi connectivity index (χ0v) is 7.39. The van der Waals surface area contributed by atoms with Crippen LogP contribution in [0, 0.1) is 0 Å². The van der Waals surface area contributed by atoms with Crippen LogP contribution in [0.4, 0.5) is 4.79 Å². The van der Waals surface area contributed by atoms with E-state index in [2.05, 4.69) is 15.2 Å². The fourth-order valence-electron chi connectivity index (χ4n) is 0.987. The van der Waals surface area contributed by atoms with Gasteiger partial charge in [0.15, 0.2) is 6.61 Å². The second-order valence-electron chi connectivity index (χ2n) is 2.64. The number of carbonyl (C=O) groups is 3. The summed E-state index contributed by atoms with van der Waals surface area (Å²) in [4.78, 5) is 33.4. The number of carbonyl (C=O) groups excluding carboxylic acids is 3. The molecule has 0 unspecified atom stereocenters. The second-order valence-corrected chi connectivity index (χ2v) is 2.64. The van der Waals surface area contributed by atoms with E-state index in [9.17, 15) is 14.4 Å². The fraction of sp³-hybridized carbons (Fsp3) is 0.571. The third-order valence-electron chi connectivity index (χ3n) is 1.63. The van der Waals surface area contributed by atoms with Gasteiger partial charge in [0, 0.05) is 0 Å². The second kappa shape index (κ2) is 4.45. The van der Waals surface area contributed by atoms with E-state index in [1.165, 1.54) is 4.90 Å². The average Bonchev–Trinajstić information content (AvgIpc) is 2.14. The number of cyclic esters (lactones) is 1. The van der Waals surface area contributed by atoms with E-state index < -0.39 is 24.6 Å². The molecule has 1 saturated heterocycles. The number of ether oxygens (including phenoxy) is 2. The zero-order chi connectivity index (χ0) is 10.6. The van der Waals surface area contributed by atoms with E-state index in [0.717, 1.165) is 0 Å². The van der Waals surface area contributed by atoms with Crippen LogP contribution in [-0.2, 0) is 19.1 Å². The summed E-state index contributed by atoms with van der Waals surface area (Å²) in [5, 5.41) is 0. The third-order valence-corrected chi connectivity index (χ3v) is 1.63. The molecule has 1 aliphatic rings. The Morgan fingerprint density at radius 2 is 2.29 bits per heavy atom. The Labute approximate surface area is 79.7 Å². The molecule has 0 saturated carbocycles. The van der Waals surface area contributed by atoms with Gasteiger partial charge in [0.1, 0.15) is 13.2 Å². The molecule has 0 aromatic heterocycles. The van der Waals surface area contributed by atoms with Crippen LogP contribution in [0.15, 0.2) is 0 Å². The summed E-state index contributed by atoms with van der Waals surface area (Å²) in [6, 6.07) is 0. The van der Waals surface area contributed by atoms with Crippen molar-refractivity contribution in [1.29, 1.82) is 0 Å². The van der Waals surface area contributed by atoms with Gasteiger partial charge < -0.3 is 20.1 Å². The molecule has 14 heavy (non-hydrogen) atoms. The van der Waals surface area contributed by atoms with Crippen LogP contribution in [-0.4, -0.2) is 49.2 Å². The van der Waals surface area contributed by atoms with Crippen LogP contribution >= 0.6 is 0 Å². The molecule has 0 radical (unpaired) electrons. The summed E-state index contributed by atoms with van der Waals surface area (Å²) in [5.74, 6) is -0.927. The Morgan fingerprint density at radius 3 is 2.86 bits per heavy atom. The van der Waals surface area contributed by atoms with Crippen LogP contribution in [0.3, 0.4) is 0 Å². The Hall–Kier alpha value is -1.79. The molecular weight excluding hydrogens is 192 g/mol. The zero-order valence-electron chi connectivity index (χ0n) is 7.39. The Bertz CT molecular complexity index is 265. The molecule has 1 heterocycles. The van der Waals surface area contributed by atoms with Crippen molar-refractivity contribution in [2.24, 2.45) is 5.73 Å². The smallest absolute Gasteiger partial charge is 0.405 e. The Balaban J connectivity index is 2.36. The lowest BCUT2D eigenvalue weighted by Crippen LogP contribution is -2.45. The van der Waals surface area contributed by atoms with Gasteiger partial charge in [-0.1, -0.05) is 0 Å². The maximum Gasteiger partial charge on any atom is 0.405 e. The van der Waals surface area contributed by atoms with Gasteiger partial charge in [-0.2, -0.15) is 0 Å². The van der Waals surface area contributed by atoms with Crippen LogP contribution in [0.2, 0.25) is 0 Å². The first-order valence-electron chi connectivity index (χ1n) is 3.95. The average molecular weight is 202 g/mol. The number of hydrogen-bond acceptors (Lipinski definition) is 5. The number of primary amides is 1. The minimum absolute atomic E-state index is 0.110. The number of nitrogens with two attached hydrogens (primary N) is 1. The van der Waals surface area contributed by atoms with Crippen molar-refractivity contribution in [2.45, 2.75) is 0 Å². The molecule has 1 fully saturated rings. The van der Waals surface area contributed by atoms with Crippen LogP contribution in [0.5, 0.6) is 0 Å². The number of hydrogen-bond donors (Lipinski definition) is 1. The van der Waals surface area contributed by atoms with E-state index in [-0.39, 0.29) is 13.2 Å². The predicted molar refractivity (Wildman–Crippen MR) is 43.1 cm³/mol. The van der Waals surface area contributed by atoms with Crippen molar-refractivity contribution in [3.05, 3.63) is 0 Å². The molecule has 1 aliphatic heterocycles. The molecule has 2 amide bonds. The van der Waals surface area contributed by atoms with Crippen molar-refractivity contribution >= 4 is 18.0 Å². The topological polar surface area (TPSA) is 98.9 Å². The summed E-state index contributed by atoms with van der Waals surface area (Å²) >= 11 is 0. The highest BCUT2D eigenvalue weighted by Gasteiger charge is 2.22. The summed E-state index contributed by atoms with van der Waals surface area (Å²) < 4.78 is 8.91. The van der Waals surface area contributed by atoms with Crippen LogP contribution < -0.4 is 5.73 Å². The van der Waals surface area contributed by atoms with E-state index in [1.807, 2.05) is 0 Å². The van der Waals surface area contributed by atoms with Gasteiger partial charge in [0.05, 0.1) is 6.54 Å². The SMILES string of the molecule is NC(=O)OCC(=O)N1CCOC(=O)C1. The molecule has 0 atom stereocenters. The molecule has 0 aromatic rings. The standard InChI is InChI=1S/C7H10N2O5/c8-7(12)14-4-5(10)9-1-2-13-6(11)3-9/h1-4H2,(H2,8,12). The molecule has 78 valence electrons. The molecular formula is C7H10N2O5. The number of morpholine rings is 1. The Morgan fingerprint density at radius 1 is 1.57 bits per heavy atom. The van der Waals surface area contributed by atoms with E-state index >= 15 is 0 Å². The third kappa shape index (κ3) is 2.92. The quantitative estimate of drug-likeness (QED) is 0.547. The summed E-state index contributed by atoms with van der Waals surface area (Å²) in [5.41, 5.74) is 4.67. The van der Waals surface area contributed by atoms with Gasteiger partial charge in [-0.25, -0.2) is 4.79 Å². The minimum Gasteiger partial charge on any atom is -0.462 e. The van der Waals surface area contributed by atoms with Gasteiger partial charge in [-0.15, -0.1) is 0 Å². The molecule has 1 rings (SSSR count). The van der Waals surface area contributed by atoms with Gasteiger partial charge in [0.25, 0.3) is 5.91 Å². The molecule has 0 aromatic carbocycles. The van der Waals surface area contributed by atoms with Crippen LogP contribution in [0.1, 0.15) is 0 Å². The molecule has 0 spiro atoms. The van der Waals surface area contributed by atoms with Gasteiger partial charge in [-0.3, -0.25) is 9.59 Å². The van der Waals surface area contributed by atoms with Crippen molar-refractivity contribution < 1.29 is 23.9 Å². The van der Waals surface area contributed by atoms with E-state index in [1.54, 1.807) is 0 Å². The summed E-state index contributed by atoms with van der Waals surface area (Å²) in [6.45, 7) is -0.0720. The molecule has 2 N–H and O–H groups in total. The summed E-state index contributed by atoms with van der Waals surface area (Å²) in [6.07, 6.45) is -1.02. The number of esters is 1. The lowest BCUT2D eigenvalue weighted by Gasteiger charge is -2.25. The normalized spacial score (nSPS) is 16.0. The van der Waals surface area contributed by atoms with Crippen molar-refractivity contribution in [2.75, 3.05) is 26.3 Å². The highest BCUT2D eigenvalue weighted by molar-refractivity contribution is 5.84. The van der Waals surface area contributed by atoms with Gasteiger partial charge >= 0.3 is 12.1 Å².